The van der Waals surface area contributed by atoms with E-state index in [4.69, 9.17) is 16.3 Å². The van der Waals surface area contributed by atoms with Gasteiger partial charge in [0, 0.05) is 10.4 Å². The minimum atomic E-state index is -1.76. The highest BCUT2D eigenvalue weighted by Crippen LogP contribution is 2.79. The van der Waals surface area contributed by atoms with Crippen LogP contribution in [0, 0.1) is 5.92 Å². The van der Waals surface area contributed by atoms with E-state index in [1.54, 1.807) is 0 Å². The molecular weight excluding hydrogens is 279 g/mol. The molecule has 0 bridgehead atoms. The van der Waals surface area contributed by atoms with Gasteiger partial charge >= 0.3 is 0 Å². The standard InChI is InChI=1S/C14H25OPS2/c1-10(2)11-7-8-14(6)12(9-11)18-16(17,15-14)13(3,4)5/h11-12H,1,7-9H2,2-6H3/t11-,12+,14+,16+/m0/s1. The lowest BCUT2D eigenvalue weighted by Gasteiger charge is -2.38. The third kappa shape index (κ3) is 2.49. The summed E-state index contributed by atoms with van der Waals surface area (Å²) in [5.74, 6) is 0.667. The molecule has 1 saturated heterocycles. The predicted octanol–water partition coefficient (Wildman–Crippen LogP) is 5.36. The Morgan fingerprint density at radius 3 is 2.61 bits per heavy atom. The summed E-state index contributed by atoms with van der Waals surface area (Å²) in [7, 11) is 0. The smallest absolute Gasteiger partial charge is 0.125 e. The molecule has 2 aliphatic rings. The highest BCUT2D eigenvalue weighted by molar-refractivity contribution is 8.70. The second-order valence-corrected chi connectivity index (χ2v) is 14.7. The Morgan fingerprint density at radius 1 is 1.50 bits per heavy atom. The van der Waals surface area contributed by atoms with Crippen LogP contribution in [0.1, 0.15) is 53.9 Å². The molecule has 1 nitrogen and oxygen atoms in total. The molecule has 0 unspecified atom stereocenters. The number of hydrogen-bond donors (Lipinski definition) is 0. The first kappa shape index (κ1) is 15.1. The van der Waals surface area contributed by atoms with Crippen LogP contribution < -0.4 is 0 Å². The van der Waals surface area contributed by atoms with E-state index >= 15 is 0 Å². The fourth-order valence-electron chi connectivity index (χ4n) is 2.71. The average molecular weight is 304 g/mol. The van der Waals surface area contributed by atoms with Crippen LogP contribution >= 0.6 is 16.8 Å². The summed E-state index contributed by atoms with van der Waals surface area (Å²) in [5, 5.41) is 0.671. The fourth-order valence-corrected chi connectivity index (χ4v) is 10.2. The summed E-state index contributed by atoms with van der Waals surface area (Å²) in [5.41, 5.74) is -0.420. The van der Waals surface area contributed by atoms with Crippen molar-refractivity contribution in [3.8, 4) is 0 Å². The molecule has 18 heavy (non-hydrogen) atoms. The molecular formula is C14H25OPS2. The lowest BCUT2D eigenvalue weighted by Crippen LogP contribution is -2.40. The Kier molecular flexibility index (Phi) is 3.87. The summed E-state index contributed by atoms with van der Waals surface area (Å²) < 4.78 is 6.49. The lowest BCUT2D eigenvalue weighted by molar-refractivity contribution is 0.0649. The SMILES string of the molecule is C=C(C)[C@H]1CC[C@@]2(C)O[P@@](=S)(C(C)(C)C)S[C@@H]2C1. The number of allylic oxidation sites excluding steroid dienone is 1. The molecule has 1 saturated carbocycles. The number of hydrogen-bond acceptors (Lipinski definition) is 3. The van der Waals surface area contributed by atoms with Crippen LogP contribution in [0.25, 0.3) is 0 Å². The predicted molar refractivity (Wildman–Crippen MR) is 87.1 cm³/mol. The maximum absolute atomic E-state index is 6.49. The van der Waals surface area contributed by atoms with Crippen molar-refractivity contribution in [2.75, 3.05) is 0 Å². The Balaban J connectivity index is 2.23. The second-order valence-electron chi connectivity index (χ2n) is 6.98. The van der Waals surface area contributed by atoms with E-state index < -0.39 is 5.47 Å². The van der Waals surface area contributed by atoms with Gasteiger partial charge in [0.15, 0.2) is 0 Å². The third-order valence-electron chi connectivity index (χ3n) is 4.28. The summed E-state index contributed by atoms with van der Waals surface area (Å²) in [6, 6.07) is 0. The van der Waals surface area contributed by atoms with Crippen molar-refractivity contribution in [1.29, 1.82) is 0 Å². The van der Waals surface area contributed by atoms with Crippen LogP contribution in [0.2, 0.25) is 0 Å². The van der Waals surface area contributed by atoms with Crippen molar-refractivity contribution in [2.45, 2.75) is 69.9 Å². The maximum Gasteiger partial charge on any atom is 0.125 e. The normalized spacial score (nSPS) is 44.7. The van der Waals surface area contributed by atoms with Gasteiger partial charge in [0.2, 0.25) is 0 Å². The van der Waals surface area contributed by atoms with Gasteiger partial charge in [-0.25, -0.2) is 0 Å². The van der Waals surface area contributed by atoms with E-state index in [9.17, 15) is 0 Å². The molecule has 1 heterocycles. The molecule has 0 N–H and O–H groups in total. The largest absolute Gasteiger partial charge is 0.334 e. The topological polar surface area (TPSA) is 9.23 Å². The van der Waals surface area contributed by atoms with Crippen LogP contribution in [0.15, 0.2) is 12.2 Å². The van der Waals surface area contributed by atoms with Gasteiger partial charge in [-0.3, -0.25) is 0 Å². The van der Waals surface area contributed by atoms with E-state index in [0.717, 1.165) is 6.42 Å². The van der Waals surface area contributed by atoms with Crippen molar-refractivity contribution in [1.82, 2.24) is 0 Å². The molecule has 0 radical (unpaired) electrons. The van der Waals surface area contributed by atoms with Crippen molar-refractivity contribution in [3.05, 3.63) is 12.2 Å². The Bertz CT molecular complexity index is 413. The van der Waals surface area contributed by atoms with Gasteiger partial charge in [-0.15, -0.1) is 0 Å². The molecule has 0 aromatic rings. The van der Waals surface area contributed by atoms with Gasteiger partial charge in [-0.05, 0) is 39.0 Å². The number of fused-ring (bicyclic) bond motifs is 1. The fraction of sp³-hybridized carbons (Fsp3) is 0.857. The third-order valence-corrected chi connectivity index (χ3v) is 13.9. The van der Waals surface area contributed by atoms with Gasteiger partial charge in [-0.1, -0.05) is 56.1 Å². The summed E-state index contributed by atoms with van der Waals surface area (Å²) in [4.78, 5) is 0. The minimum absolute atomic E-state index is 0.0133. The lowest BCUT2D eigenvalue weighted by atomic mass is 9.77. The van der Waals surface area contributed by atoms with Crippen LogP contribution in [-0.2, 0) is 16.3 Å². The van der Waals surface area contributed by atoms with Gasteiger partial charge in [0.1, 0.15) is 5.47 Å². The van der Waals surface area contributed by atoms with Crippen molar-refractivity contribution >= 4 is 28.7 Å². The second kappa shape index (κ2) is 4.62. The Labute approximate surface area is 121 Å². The molecule has 104 valence electrons. The summed E-state index contributed by atoms with van der Waals surface area (Å²) in [6.07, 6.45) is 3.55. The van der Waals surface area contributed by atoms with Crippen LogP contribution in [0.4, 0.5) is 0 Å². The van der Waals surface area contributed by atoms with Crippen LogP contribution in [0.5, 0.6) is 0 Å². The molecule has 2 rings (SSSR count). The van der Waals surface area contributed by atoms with E-state index in [1.165, 1.54) is 18.4 Å². The average Bonchev–Trinajstić information content (AvgIpc) is 2.47. The van der Waals surface area contributed by atoms with E-state index in [0.29, 0.717) is 11.2 Å². The van der Waals surface area contributed by atoms with Gasteiger partial charge in [-0.2, -0.15) is 0 Å². The van der Waals surface area contributed by atoms with E-state index in [1.807, 2.05) is 11.4 Å². The highest BCUT2D eigenvalue weighted by atomic mass is 32.9. The van der Waals surface area contributed by atoms with E-state index in [-0.39, 0.29) is 10.8 Å². The number of rotatable bonds is 1. The summed E-state index contributed by atoms with van der Waals surface area (Å²) in [6.45, 7) is 15.3. The van der Waals surface area contributed by atoms with Crippen LogP contribution in [0.3, 0.4) is 0 Å². The van der Waals surface area contributed by atoms with Gasteiger partial charge in [0.25, 0.3) is 0 Å². The first-order chi connectivity index (χ1) is 8.07. The first-order valence-electron chi connectivity index (χ1n) is 6.72. The molecule has 0 spiro atoms. The zero-order valence-electron chi connectivity index (χ0n) is 12.2. The molecule has 0 amide bonds. The zero-order chi connectivity index (χ0) is 13.8. The quantitative estimate of drug-likeness (QED) is 0.476. The molecule has 2 fully saturated rings. The maximum atomic E-state index is 6.49. The zero-order valence-corrected chi connectivity index (χ0v) is 14.7. The molecule has 4 atom stereocenters. The van der Waals surface area contributed by atoms with Gasteiger partial charge < -0.3 is 4.52 Å². The molecule has 4 heteroatoms. The molecule has 0 aromatic carbocycles. The monoisotopic (exact) mass is 304 g/mol. The Hall–Kier alpha value is 0.700. The Morgan fingerprint density at radius 2 is 2.11 bits per heavy atom. The van der Waals surface area contributed by atoms with Crippen molar-refractivity contribution < 1.29 is 4.52 Å². The van der Waals surface area contributed by atoms with Gasteiger partial charge in [0.05, 0.1) is 5.60 Å². The van der Waals surface area contributed by atoms with Crippen molar-refractivity contribution in [2.24, 2.45) is 5.92 Å². The first-order valence-corrected chi connectivity index (χ1v) is 10.9. The highest BCUT2D eigenvalue weighted by Gasteiger charge is 2.55. The van der Waals surface area contributed by atoms with E-state index in [2.05, 4.69) is 41.2 Å². The molecule has 1 aliphatic heterocycles. The van der Waals surface area contributed by atoms with Crippen LogP contribution in [-0.4, -0.2) is 16.0 Å². The minimum Gasteiger partial charge on any atom is -0.334 e. The van der Waals surface area contributed by atoms with Crippen molar-refractivity contribution in [3.63, 3.8) is 0 Å². The molecule has 0 aromatic heterocycles. The molecule has 1 aliphatic carbocycles. The summed E-state index contributed by atoms with van der Waals surface area (Å²) >= 11 is 7.91.